The van der Waals surface area contributed by atoms with Crippen LogP contribution in [0.2, 0.25) is 5.02 Å². The van der Waals surface area contributed by atoms with Crippen LogP contribution in [0.25, 0.3) is 0 Å². The molecule has 0 unspecified atom stereocenters. The van der Waals surface area contributed by atoms with E-state index in [1.165, 1.54) is 29.2 Å². The lowest BCUT2D eigenvalue weighted by Crippen LogP contribution is -2.43. The molecule has 148 valence electrons. The third-order valence-corrected chi connectivity index (χ3v) is 5.20. The lowest BCUT2D eigenvalue weighted by Gasteiger charge is -2.31. The van der Waals surface area contributed by atoms with E-state index in [2.05, 4.69) is 5.32 Å². The Kier molecular flexibility index (Phi) is 6.62. The maximum absolute atomic E-state index is 13.9. The summed E-state index contributed by atoms with van der Waals surface area (Å²) in [5.41, 5.74) is 0.507. The number of amides is 2. The van der Waals surface area contributed by atoms with Crippen LogP contribution >= 0.6 is 11.6 Å². The van der Waals surface area contributed by atoms with Gasteiger partial charge in [0, 0.05) is 30.6 Å². The van der Waals surface area contributed by atoms with Crippen molar-refractivity contribution in [1.29, 1.82) is 0 Å². The van der Waals surface area contributed by atoms with Crippen molar-refractivity contribution in [2.24, 2.45) is 5.92 Å². The fraction of sp³-hybridized carbons (Fsp3) is 0.333. The predicted octanol–water partition coefficient (Wildman–Crippen LogP) is 3.83. The van der Waals surface area contributed by atoms with Crippen molar-refractivity contribution in [2.45, 2.75) is 19.3 Å². The standard InChI is InChI=1S/C21H21ClF2N2O2/c22-16-5-6-19(24)17(13-16)21(28)26-11-8-15(9-12-26)20(27)25-10-7-14-3-1-2-4-18(14)23/h1-6,13,15H,7-12H2,(H,25,27). The van der Waals surface area contributed by atoms with Crippen LogP contribution in [-0.2, 0) is 11.2 Å². The fourth-order valence-corrected chi connectivity index (χ4v) is 3.51. The number of carbonyl (C=O) groups excluding carboxylic acids is 2. The molecule has 0 radical (unpaired) electrons. The van der Waals surface area contributed by atoms with Gasteiger partial charge >= 0.3 is 0 Å². The van der Waals surface area contributed by atoms with E-state index in [4.69, 9.17) is 11.6 Å². The highest BCUT2D eigenvalue weighted by Crippen LogP contribution is 2.22. The highest BCUT2D eigenvalue weighted by atomic mass is 35.5. The Morgan fingerprint density at radius 3 is 2.50 bits per heavy atom. The third kappa shape index (κ3) is 4.87. The number of rotatable bonds is 5. The predicted molar refractivity (Wildman–Crippen MR) is 103 cm³/mol. The van der Waals surface area contributed by atoms with Crippen LogP contribution in [0.1, 0.15) is 28.8 Å². The molecule has 0 atom stereocenters. The van der Waals surface area contributed by atoms with Crippen LogP contribution in [0.3, 0.4) is 0 Å². The number of likely N-dealkylation sites (tertiary alicyclic amines) is 1. The minimum absolute atomic E-state index is 0.0553. The molecular weight excluding hydrogens is 386 g/mol. The minimum Gasteiger partial charge on any atom is -0.356 e. The van der Waals surface area contributed by atoms with Gasteiger partial charge in [-0.15, -0.1) is 0 Å². The average Bonchev–Trinajstić information content (AvgIpc) is 2.71. The maximum atomic E-state index is 13.9. The quantitative estimate of drug-likeness (QED) is 0.820. The van der Waals surface area contributed by atoms with Gasteiger partial charge in [-0.3, -0.25) is 9.59 Å². The molecule has 0 bridgehead atoms. The van der Waals surface area contributed by atoms with Gasteiger partial charge in [-0.2, -0.15) is 0 Å². The van der Waals surface area contributed by atoms with Crippen molar-refractivity contribution in [2.75, 3.05) is 19.6 Å². The van der Waals surface area contributed by atoms with Gasteiger partial charge in [0.15, 0.2) is 0 Å². The average molecular weight is 407 g/mol. The number of nitrogens with one attached hydrogen (secondary N) is 1. The molecule has 7 heteroatoms. The van der Waals surface area contributed by atoms with Gasteiger partial charge in [0.1, 0.15) is 11.6 Å². The van der Waals surface area contributed by atoms with Crippen LogP contribution in [0.4, 0.5) is 8.78 Å². The number of benzene rings is 2. The van der Waals surface area contributed by atoms with E-state index >= 15 is 0 Å². The van der Waals surface area contributed by atoms with Gasteiger partial charge in [0.2, 0.25) is 5.91 Å². The third-order valence-electron chi connectivity index (χ3n) is 4.96. The number of nitrogens with zero attached hydrogens (tertiary/aromatic N) is 1. The zero-order chi connectivity index (χ0) is 20.1. The Morgan fingerprint density at radius 1 is 1.07 bits per heavy atom. The van der Waals surface area contributed by atoms with E-state index in [9.17, 15) is 18.4 Å². The van der Waals surface area contributed by atoms with Gasteiger partial charge < -0.3 is 10.2 Å². The summed E-state index contributed by atoms with van der Waals surface area (Å²) < 4.78 is 27.5. The Bertz CT molecular complexity index is 867. The summed E-state index contributed by atoms with van der Waals surface area (Å²) in [6.07, 6.45) is 1.42. The number of carbonyl (C=O) groups is 2. The van der Waals surface area contributed by atoms with E-state index in [0.717, 1.165) is 0 Å². The zero-order valence-electron chi connectivity index (χ0n) is 15.3. The van der Waals surface area contributed by atoms with Crippen molar-refractivity contribution in [1.82, 2.24) is 10.2 Å². The second kappa shape index (κ2) is 9.15. The Labute approximate surface area is 167 Å². The summed E-state index contributed by atoms with van der Waals surface area (Å²) in [5.74, 6) is -1.62. The highest BCUT2D eigenvalue weighted by Gasteiger charge is 2.28. The van der Waals surface area contributed by atoms with Crippen molar-refractivity contribution in [3.8, 4) is 0 Å². The number of hydrogen-bond acceptors (Lipinski definition) is 2. The molecule has 1 saturated heterocycles. The summed E-state index contributed by atoms with van der Waals surface area (Å²) in [4.78, 5) is 26.4. The molecule has 1 aliphatic rings. The molecule has 1 N–H and O–H groups in total. The summed E-state index contributed by atoms with van der Waals surface area (Å²) in [6.45, 7) is 1.10. The Morgan fingerprint density at radius 2 is 1.79 bits per heavy atom. The highest BCUT2D eigenvalue weighted by molar-refractivity contribution is 6.31. The first kappa shape index (κ1) is 20.3. The molecule has 2 aromatic carbocycles. The smallest absolute Gasteiger partial charge is 0.256 e. The van der Waals surface area contributed by atoms with Crippen molar-refractivity contribution < 1.29 is 18.4 Å². The first-order valence-electron chi connectivity index (χ1n) is 9.21. The van der Waals surface area contributed by atoms with E-state index in [0.29, 0.717) is 49.5 Å². The number of piperidine rings is 1. The number of hydrogen-bond donors (Lipinski definition) is 1. The van der Waals surface area contributed by atoms with Crippen molar-refractivity contribution in [3.63, 3.8) is 0 Å². The van der Waals surface area contributed by atoms with Gasteiger partial charge in [0.25, 0.3) is 5.91 Å². The van der Waals surface area contributed by atoms with E-state index in [1.54, 1.807) is 18.2 Å². The lowest BCUT2D eigenvalue weighted by molar-refractivity contribution is -0.126. The van der Waals surface area contributed by atoms with E-state index in [1.807, 2.05) is 0 Å². The second-order valence-corrected chi connectivity index (χ2v) is 7.26. The topological polar surface area (TPSA) is 49.4 Å². The molecule has 0 aliphatic carbocycles. The molecule has 2 amide bonds. The molecular formula is C21H21ClF2N2O2. The second-order valence-electron chi connectivity index (χ2n) is 6.82. The van der Waals surface area contributed by atoms with Gasteiger partial charge in [0.05, 0.1) is 5.56 Å². The summed E-state index contributed by atoms with van der Waals surface area (Å²) in [5, 5.41) is 3.13. The summed E-state index contributed by atoms with van der Waals surface area (Å²) >= 11 is 5.85. The van der Waals surface area contributed by atoms with Crippen LogP contribution in [0.5, 0.6) is 0 Å². The van der Waals surface area contributed by atoms with Crippen molar-refractivity contribution >= 4 is 23.4 Å². The van der Waals surface area contributed by atoms with Crippen LogP contribution in [-0.4, -0.2) is 36.3 Å². The minimum atomic E-state index is -0.609. The van der Waals surface area contributed by atoms with E-state index < -0.39 is 11.7 Å². The molecule has 28 heavy (non-hydrogen) atoms. The van der Waals surface area contributed by atoms with Gasteiger partial charge in [-0.25, -0.2) is 8.78 Å². The molecule has 1 heterocycles. The van der Waals surface area contributed by atoms with Crippen LogP contribution in [0, 0.1) is 17.6 Å². The van der Waals surface area contributed by atoms with Gasteiger partial charge in [-0.1, -0.05) is 29.8 Å². The molecule has 3 rings (SSSR count). The molecule has 2 aromatic rings. The molecule has 4 nitrogen and oxygen atoms in total. The van der Waals surface area contributed by atoms with Gasteiger partial charge in [-0.05, 0) is 49.1 Å². The lowest BCUT2D eigenvalue weighted by atomic mass is 9.95. The molecule has 0 saturated carbocycles. The fourth-order valence-electron chi connectivity index (χ4n) is 3.34. The van der Waals surface area contributed by atoms with Crippen molar-refractivity contribution in [3.05, 3.63) is 70.2 Å². The number of halogens is 3. The monoisotopic (exact) mass is 406 g/mol. The first-order chi connectivity index (χ1) is 13.5. The summed E-state index contributed by atoms with van der Waals surface area (Å²) in [7, 11) is 0. The first-order valence-corrected chi connectivity index (χ1v) is 9.59. The van der Waals surface area contributed by atoms with E-state index in [-0.39, 0.29) is 23.2 Å². The maximum Gasteiger partial charge on any atom is 0.256 e. The molecule has 0 aromatic heterocycles. The molecule has 0 spiro atoms. The molecule has 1 fully saturated rings. The Balaban J connectivity index is 1.48. The Hall–Kier alpha value is -2.47. The molecule has 1 aliphatic heterocycles. The largest absolute Gasteiger partial charge is 0.356 e. The SMILES string of the molecule is O=C(NCCc1ccccc1F)C1CCN(C(=O)c2cc(Cl)ccc2F)CC1. The van der Waals surface area contributed by atoms with Crippen LogP contribution < -0.4 is 5.32 Å². The zero-order valence-corrected chi connectivity index (χ0v) is 16.0. The normalized spacial score (nSPS) is 14.8. The van der Waals surface area contributed by atoms with Crippen LogP contribution in [0.15, 0.2) is 42.5 Å². The summed E-state index contributed by atoms with van der Waals surface area (Å²) in [6, 6.07) is 10.4.